The molecule has 0 aliphatic rings. The van der Waals surface area contributed by atoms with Gasteiger partial charge in [0.1, 0.15) is 5.75 Å². The first-order valence-electron chi connectivity index (χ1n) is 14.0. The number of nitrogens with one attached hydrogen (secondary N) is 2. The summed E-state index contributed by atoms with van der Waals surface area (Å²) in [7, 11) is 0.574. The van der Waals surface area contributed by atoms with Crippen molar-refractivity contribution < 1.29 is 27.7 Å². The normalized spacial score (nSPS) is 12.4. The lowest BCUT2D eigenvalue weighted by molar-refractivity contribution is 0.154. The van der Waals surface area contributed by atoms with E-state index in [0.717, 1.165) is 18.8 Å². The molecule has 0 aliphatic carbocycles. The highest BCUT2D eigenvalue weighted by Crippen LogP contribution is 2.42. The van der Waals surface area contributed by atoms with Crippen LogP contribution < -0.4 is 24.2 Å². The van der Waals surface area contributed by atoms with Gasteiger partial charge in [0.2, 0.25) is 0 Å². The molecular formula is C29H39N7O6S. The van der Waals surface area contributed by atoms with Crippen molar-refractivity contribution in [3.05, 3.63) is 48.2 Å². The van der Waals surface area contributed by atoms with Crippen LogP contribution in [-0.2, 0) is 23.6 Å². The van der Waals surface area contributed by atoms with E-state index in [-0.39, 0.29) is 23.3 Å². The predicted molar refractivity (Wildman–Crippen MR) is 165 cm³/mol. The topological polar surface area (TPSA) is 153 Å². The number of hydrogen-bond donors (Lipinski definition) is 3. The molecule has 2 aromatic heterocycles. The molecule has 0 saturated carbocycles. The fraction of sp³-hybridized carbons (Fsp3) is 0.414. The summed E-state index contributed by atoms with van der Waals surface area (Å²) in [5.41, 5.74) is 2.19. The first-order valence-corrected chi connectivity index (χ1v) is 15.5. The van der Waals surface area contributed by atoms with E-state index in [0.29, 0.717) is 46.9 Å². The van der Waals surface area contributed by atoms with Gasteiger partial charge in [0.05, 0.1) is 49.3 Å². The number of para-hydroxylation sites is 2. The number of sulfonamides is 1. The SMILES string of the molecule is CCN(CC)Cc1cc(S(=O)(=O)Nc2nc3ccccc3nc2Nc2cc(OC)cc(OC)c2OCCC(C)O)nn1C. The maximum absolute atomic E-state index is 13.6. The van der Waals surface area contributed by atoms with Crippen LogP contribution in [0, 0.1) is 0 Å². The minimum Gasteiger partial charge on any atom is -0.497 e. The van der Waals surface area contributed by atoms with Crippen molar-refractivity contribution in [3.8, 4) is 17.2 Å². The Morgan fingerprint density at radius 3 is 2.30 bits per heavy atom. The molecule has 13 nitrogen and oxygen atoms in total. The van der Waals surface area contributed by atoms with Gasteiger partial charge in [-0.05, 0) is 32.1 Å². The number of aliphatic hydroxyl groups is 1. The van der Waals surface area contributed by atoms with Crippen molar-refractivity contribution in [1.82, 2.24) is 24.6 Å². The molecule has 43 heavy (non-hydrogen) atoms. The van der Waals surface area contributed by atoms with Gasteiger partial charge in [0.15, 0.2) is 28.2 Å². The second-order valence-corrected chi connectivity index (χ2v) is 11.5. The summed E-state index contributed by atoms with van der Waals surface area (Å²) >= 11 is 0. The second-order valence-electron chi connectivity index (χ2n) is 9.89. The van der Waals surface area contributed by atoms with E-state index in [1.165, 1.54) is 14.2 Å². The van der Waals surface area contributed by atoms with Crippen molar-refractivity contribution in [2.24, 2.45) is 7.05 Å². The molecule has 0 spiro atoms. The van der Waals surface area contributed by atoms with Crippen LogP contribution in [0.2, 0.25) is 0 Å². The number of methoxy groups -OCH3 is 2. The fourth-order valence-corrected chi connectivity index (χ4v) is 5.34. The van der Waals surface area contributed by atoms with Gasteiger partial charge >= 0.3 is 0 Å². The monoisotopic (exact) mass is 613 g/mol. The highest BCUT2D eigenvalue weighted by Gasteiger charge is 2.25. The van der Waals surface area contributed by atoms with Crippen LogP contribution in [-0.4, -0.2) is 78.2 Å². The smallest absolute Gasteiger partial charge is 0.282 e. The third-order valence-electron chi connectivity index (χ3n) is 6.83. The zero-order chi connectivity index (χ0) is 31.1. The Morgan fingerprint density at radius 2 is 1.70 bits per heavy atom. The first-order chi connectivity index (χ1) is 20.6. The third kappa shape index (κ3) is 7.63. The largest absolute Gasteiger partial charge is 0.497 e. The first kappa shape index (κ1) is 31.8. The van der Waals surface area contributed by atoms with Gasteiger partial charge in [0.25, 0.3) is 10.0 Å². The molecule has 0 saturated heterocycles. The maximum atomic E-state index is 13.6. The number of aliphatic hydroxyl groups excluding tert-OH is 1. The Morgan fingerprint density at radius 1 is 1.02 bits per heavy atom. The number of benzene rings is 2. The van der Waals surface area contributed by atoms with E-state index in [4.69, 9.17) is 14.2 Å². The molecule has 1 unspecified atom stereocenters. The lowest BCUT2D eigenvalue weighted by Gasteiger charge is -2.19. The molecule has 4 aromatic rings. The number of aromatic nitrogens is 4. The Hall–Kier alpha value is -4.14. The number of anilines is 3. The average molecular weight is 614 g/mol. The molecule has 0 fully saturated rings. The standard InChI is InChI=1S/C29H39N7O6S/c1-7-36(8-2)18-20-15-26(33-35(20)4)43(38,39)34-29-28(30-22-11-9-10-12-23(22)31-29)32-24-16-21(40-5)17-25(41-6)27(24)42-14-13-19(3)37/h9-12,15-17,19,37H,7-8,13-14,18H2,1-6H3,(H,30,32)(H,31,34). The molecule has 0 amide bonds. The summed E-state index contributed by atoms with van der Waals surface area (Å²) in [6.07, 6.45) is -0.178. The van der Waals surface area contributed by atoms with Crippen LogP contribution in [0.1, 0.15) is 32.9 Å². The molecule has 4 rings (SSSR count). The van der Waals surface area contributed by atoms with E-state index in [1.54, 1.807) is 55.1 Å². The highest BCUT2D eigenvalue weighted by molar-refractivity contribution is 7.92. The van der Waals surface area contributed by atoms with Crippen LogP contribution in [0.4, 0.5) is 17.3 Å². The fourth-order valence-electron chi connectivity index (χ4n) is 4.32. The van der Waals surface area contributed by atoms with Gasteiger partial charge in [0, 0.05) is 38.2 Å². The Kier molecular flexibility index (Phi) is 10.3. The van der Waals surface area contributed by atoms with Gasteiger partial charge in [-0.1, -0.05) is 26.0 Å². The van der Waals surface area contributed by atoms with Crippen molar-refractivity contribution >= 4 is 38.4 Å². The summed E-state index contributed by atoms with van der Waals surface area (Å²) in [5, 5.41) is 17.0. The second kappa shape index (κ2) is 13.9. The van der Waals surface area contributed by atoms with Gasteiger partial charge in [-0.2, -0.15) is 13.5 Å². The van der Waals surface area contributed by atoms with Crippen molar-refractivity contribution in [2.45, 2.75) is 44.9 Å². The van der Waals surface area contributed by atoms with E-state index in [9.17, 15) is 13.5 Å². The summed E-state index contributed by atoms with van der Waals surface area (Å²) in [6.45, 7) is 8.18. The number of aryl methyl sites for hydroxylation is 1. The zero-order valence-corrected chi connectivity index (χ0v) is 26.1. The summed E-state index contributed by atoms with van der Waals surface area (Å²) in [6, 6.07) is 12.0. The predicted octanol–water partition coefficient (Wildman–Crippen LogP) is 3.92. The molecule has 0 radical (unpaired) electrons. The molecule has 14 heteroatoms. The third-order valence-corrected chi connectivity index (χ3v) is 8.04. The molecule has 232 valence electrons. The van der Waals surface area contributed by atoms with Crippen LogP contribution in [0.25, 0.3) is 11.0 Å². The Balaban J connectivity index is 1.76. The zero-order valence-electron chi connectivity index (χ0n) is 25.3. The summed E-state index contributed by atoms with van der Waals surface area (Å²) in [4.78, 5) is 11.4. The van der Waals surface area contributed by atoms with Gasteiger partial charge in [-0.3, -0.25) is 14.3 Å². The van der Waals surface area contributed by atoms with Crippen molar-refractivity contribution in [3.63, 3.8) is 0 Å². The van der Waals surface area contributed by atoms with Gasteiger partial charge < -0.3 is 24.6 Å². The molecule has 2 aromatic carbocycles. The van der Waals surface area contributed by atoms with Crippen LogP contribution >= 0.6 is 0 Å². The lowest BCUT2D eigenvalue weighted by Crippen LogP contribution is -2.23. The van der Waals surface area contributed by atoms with E-state index < -0.39 is 16.1 Å². The highest BCUT2D eigenvalue weighted by atomic mass is 32.2. The number of hydrogen-bond acceptors (Lipinski definition) is 11. The molecule has 0 aliphatic heterocycles. The maximum Gasteiger partial charge on any atom is 0.282 e. The number of rotatable bonds is 15. The Bertz CT molecular complexity index is 1650. The molecule has 3 N–H and O–H groups in total. The van der Waals surface area contributed by atoms with E-state index >= 15 is 0 Å². The molecule has 0 bridgehead atoms. The van der Waals surface area contributed by atoms with E-state index in [1.807, 2.05) is 19.9 Å². The van der Waals surface area contributed by atoms with Crippen LogP contribution in [0.5, 0.6) is 17.2 Å². The number of nitrogens with zero attached hydrogens (tertiary/aromatic N) is 5. The van der Waals surface area contributed by atoms with Gasteiger partial charge in [-0.15, -0.1) is 0 Å². The number of ether oxygens (including phenoxy) is 3. The summed E-state index contributed by atoms with van der Waals surface area (Å²) in [5.74, 6) is 1.26. The van der Waals surface area contributed by atoms with Gasteiger partial charge in [-0.25, -0.2) is 9.97 Å². The average Bonchev–Trinajstić information content (AvgIpc) is 3.36. The number of fused-ring (bicyclic) bond motifs is 1. The van der Waals surface area contributed by atoms with E-state index in [2.05, 4.69) is 30.0 Å². The Labute approximate surface area is 251 Å². The van der Waals surface area contributed by atoms with Crippen LogP contribution in [0.15, 0.2) is 47.5 Å². The van der Waals surface area contributed by atoms with Crippen LogP contribution in [0.3, 0.4) is 0 Å². The molecule has 2 heterocycles. The quantitative estimate of drug-likeness (QED) is 0.179. The molecular weight excluding hydrogens is 574 g/mol. The molecule has 1 atom stereocenters. The lowest BCUT2D eigenvalue weighted by atomic mass is 10.2. The minimum atomic E-state index is -4.16. The summed E-state index contributed by atoms with van der Waals surface area (Å²) < 4.78 is 48.4. The van der Waals surface area contributed by atoms with Crippen molar-refractivity contribution in [2.75, 3.05) is 44.0 Å². The van der Waals surface area contributed by atoms with Crippen molar-refractivity contribution in [1.29, 1.82) is 0 Å². The minimum absolute atomic E-state index is 0.0358.